The molecule has 2 aromatic rings. The normalized spacial score (nSPS) is 10.3. The molecule has 0 aromatic heterocycles. The molecule has 0 aliphatic carbocycles. The van der Waals surface area contributed by atoms with Crippen LogP contribution in [0.25, 0.3) is 0 Å². The molecule has 0 aliphatic rings. The highest BCUT2D eigenvalue weighted by Crippen LogP contribution is 2.28. The molecule has 2 aromatic carbocycles. The molecule has 5 heteroatoms. The molecule has 0 spiro atoms. The number of hydrogen-bond acceptors (Lipinski definition) is 4. The van der Waals surface area contributed by atoms with Gasteiger partial charge < -0.3 is 20.1 Å². The fourth-order valence-electron chi connectivity index (χ4n) is 2.35. The summed E-state index contributed by atoms with van der Waals surface area (Å²) in [4.78, 5) is 12.1. The molecule has 0 unspecified atom stereocenters. The van der Waals surface area contributed by atoms with E-state index in [2.05, 4.69) is 29.7 Å². The molecule has 0 aliphatic heterocycles. The lowest BCUT2D eigenvalue weighted by Gasteiger charge is -2.12. The zero-order valence-electron chi connectivity index (χ0n) is 14.4. The minimum absolute atomic E-state index is 0.0595. The van der Waals surface area contributed by atoms with Gasteiger partial charge in [0.25, 0.3) is 0 Å². The van der Waals surface area contributed by atoms with E-state index in [4.69, 9.17) is 9.47 Å². The van der Waals surface area contributed by atoms with Gasteiger partial charge in [-0.05, 0) is 30.2 Å². The van der Waals surface area contributed by atoms with E-state index < -0.39 is 0 Å². The Balaban J connectivity index is 1.80. The Labute approximate surface area is 143 Å². The lowest BCUT2D eigenvalue weighted by atomic mass is 10.1. The molecule has 2 rings (SSSR count). The molecule has 5 nitrogen and oxygen atoms in total. The Hall–Kier alpha value is -2.53. The van der Waals surface area contributed by atoms with E-state index in [9.17, 15) is 4.79 Å². The van der Waals surface area contributed by atoms with Crippen molar-refractivity contribution in [2.24, 2.45) is 0 Å². The fourth-order valence-corrected chi connectivity index (χ4v) is 2.35. The molecular formula is C19H24N2O3. The molecule has 0 saturated heterocycles. The first-order valence-electron chi connectivity index (χ1n) is 7.91. The molecule has 0 saturated carbocycles. The van der Waals surface area contributed by atoms with Crippen LogP contribution >= 0.6 is 0 Å². The maximum absolute atomic E-state index is 12.1. The minimum atomic E-state index is -0.0595. The monoisotopic (exact) mass is 328 g/mol. The highest BCUT2D eigenvalue weighted by Gasteiger charge is 2.08. The number of ether oxygens (including phenoxy) is 2. The van der Waals surface area contributed by atoms with Gasteiger partial charge in [0, 0.05) is 25.6 Å². The van der Waals surface area contributed by atoms with Crippen LogP contribution in [0.2, 0.25) is 0 Å². The van der Waals surface area contributed by atoms with Gasteiger partial charge in [-0.25, -0.2) is 0 Å². The van der Waals surface area contributed by atoms with Crippen LogP contribution in [0.1, 0.15) is 17.5 Å². The van der Waals surface area contributed by atoms with Crippen LogP contribution in [-0.4, -0.2) is 26.7 Å². The molecule has 1 amide bonds. The lowest BCUT2D eigenvalue weighted by molar-refractivity contribution is -0.116. The molecule has 2 N–H and O–H groups in total. The van der Waals surface area contributed by atoms with E-state index >= 15 is 0 Å². The zero-order valence-corrected chi connectivity index (χ0v) is 14.4. The molecule has 128 valence electrons. The van der Waals surface area contributed by atoms with Crippen molar-refractivity contribution in [3.05, 3.63) is 53.6 Å². The number of amides is 1. The van der Waals surface area contributed by atoms with Gasteiger partial charge in [0.2, 0.25) is 5.91 Å². The van der Waals surface area contributed by atoms with E-state index in [0.717, 1.165) is 6.54 Å². The Morgan fingerprint density at radius 1 is 1.08 bits per heavy atom. The zero-order chi connectivity index (χ0) is 17.4. The second kappa shape index (κ2) is 8.93. The van der Waals surface area contributed by atoms with Gasteiger partial charge in [-0.3, -0.25) is 4.79 Å². The van der Waals surface area contributed by atoms with Crippen LogP contribution in [0, 0.1) is 6.92 Å². The Morgan fingerprint density at radius 3 is 2.58 bits per heavy atom. The Morgan fingerprint density at radius 2 is 1.88 bits per heavy atom. The number of hydrogen-bond donors (Lipinski definition) is 2. The second-order valence-corrected chi connectivity index (χ2v) is 5.47. The number of benzene rings is 2. The van der Waals surface area contributed by atoms with Crippen LogP contribution in [-0.2, 0) is 11.3 Å². The lowest BCUT2D eigenvalue weighted by Crippen LogP contribution is -2.22. The standard InChI is InChI=1S/C19H24N2O3/c1-14-6-4-5-7-15(14)13-20-11-10-19(22)21-17-9-8-16(23-2)12-18(17)24-3/h4-9,12,20H,10-11,13H2,1-3H3,(H,21,22). The third-order valence-electron chi connectivity index (χ3n) is 3.79. The van der Waals surface area contributed by atoms with Crippen molar-refractivity contribution in [3.8, 4) is 11.5 Å². The van der Waals surface area contributed by atoms with Crippen LogP contribution in [0.4, 0.5) is 5.69 Å². The quantitative estimate of drug-likeness (QED) is 0.731. The summed E-state index contributed by atoms with van der Waals surface area (Å²) in [5.41, 5.74) is 3.13. The average molecular weight is 328 g/mol. The Bertz CT molecular complexity index is 686. The summed E-state index contributed by atoms with van der Waals surface area (Å²) in [6.45, 7) is 3.45. The summed E-state index contributed by atoms with van der Waals surface area (Å²) >= 11 is 0. The number of rotatable bonds is 8. The van der Waals surface area contributed by atoms with Crippen molar-refractivity contribution in [1.82, 2.24) is 5.32 Å². The molecule has 0 bridgehead atoms. The van der Waals surface area contributed by atoms with Crippen LogP contribution < -0.4 is 20.1 Å². The van der Waals surface area contributed by atoms with Gasteiger partial charge >= 0.3 is 0 Å². The van der Waals surface area contributed by atoms with E-state index in [0.29, 0.717) is 30.2 Å². The van der Waals surface area contributed by atoms with Crippen molar-refractivity contribution < 1.29 is 14.3 Å². The first kappa shape index (κ1) is 17.8. The van der Waals surface area contributed by atoms with Crippen molar-refractivity contribution in [1.29, 1.82) is 0 Å². The van der Waals surface area contributed by atoms with Gasteiger partial charge in [0.15, 0.2) is 0 Å². The molecule has 0 atom stereocenters. The largest absolute Gasteiger partial charge is 0.497 e. The number of carbonyl (C=O) groups excluding carboxylic acids is 1. The fraction of sp³-hybridized carbons (Fsp3) is 0.316. The van der Waals surface area contributed by atoms with Gasteiger partial charge in [0.05, 0.1) is 19.9 Å². The van der Waals surface area contributed by atoms with Crippen molar-refractivity contribution in [2.45, 2.75) is 19.9 Å². The Kier molecular flexibility index (Phi) is 6.63. The molecule has 0 fully saturated rings. The number of anilines is 1. The second-order valence-electron chi connectivity index (χ2n) is 5.47. The first-order chi connectivity index (χ1) is 11.6. The number of methoxy groups -OCH3 is 2. The molecule has 0 radical (unpaired) electrons. The maximum Gasteiger partial charge on any atom is 0.225 e. The van der Waals surface area contributed by atoms with Crippen LogP contribution in [0.5, 0.6) is 11.5 Å². The molecule has 24 heavy (non-hydrogen) atoms. The smallest absolute Gasteiger partial charge is 0.225 e. The van der Waals surface area contributed by atoms with E-state index in [1.165, 1.54) is 11.1 Å². The van der Waals surface area contributed by atoms with E-state index in [1.807, 2.05) is 12.1 Å². The summed E-state index contributed by atoms with van der Waals surface area (Å²) < 4.78 is 10.4. The van der Waals surface area contributed by atoms with Crippen molar-refractivity contribution in [2.75, 3.05) is 26.1 Å². The van der Waals surface area contributed by atoms with Crippen LogP contribution in [0.3, 0.4) is 0 Å². The first-order valence-corrected chi connectivity index (χ1v) is 7.91. The summed E-state index contributed by atoms with van der Waals surface area (Å²) in [6, 6.07) is 13.5. The maximum atomic E-state index is 12.1. The SMILES string of the molecule is COc1ccc(NC(=O)CCNCc2ccccc2C)c(OC)c1. The predicted octanol–water partition coefficient (Wildman–Crippen LogP) is 3.13. The number of carbonyl (C=O) groups is 1. The van der Waals surface area contributed by atoms with Crippen LogP contribution in [0.15, 0.2) is 42.5 Å². The van der Waals surface area contributed by atoms with E-state index in [-0.39, 0.29) is 5.91 Å². The highest BCUT2D eigenvalue weighted by molar-refractivity contribution is 5.92. The molecular weight excluding hydrogens is 304 g/mol. The average Bonchev–Trinajstić information content (AvgIpc) is 2.60. The predicted molar refractivity (Wildman–Crippen MR) is 95.7 cm³/mol. The number of nitrogens with one attached hydrogen (secondary N) is 2. The molecule has 0 heterocycles. The van der Waals surface area contributed by atoms with Gasteiger partial charge in [0.1, 0.15) is 11.5 Å². The highest BCUT2D eigenvalue weighted by atomic mass is 16.5. The van der Waals surface area contributed by atoms with E-state index in [1.54, 1.807) is 32.4 Å². The summed E-state index contributed by atoms with van der Waals surface area (Å²) in [5.74, 6) is 1.20. The summed E-state index contributed by atoms with van der Waals surface area (Å²) in [7, 11) is 3.15. The van der Waals surface area contributed by atoms with Crippen molar-refractivity contribution in [3.63, 3.8) is 0 Å². The summed E-state index contributed by atoms with van der Waals surface area (Å²) in [6.07, 6.45) is 0.390. The van der Waals surface area contributed by atoms with Gasteiger partial charge in [-0.15, -0.1) is 0 Å². The van der Waals surface area contributed by atoms with Crippen molar-refractivity contribution >= 4 is 11.6 Å². The third kappa shape index (κ3) is 4.99. The van der Waals surface area contributed by atoms with Gasteiger partial charge in [-0.2, -0.15) is 0 Å². The topological polar surface area (TPSA) is 59.6 Å². The third-order valence-corrected chi connectivity index (χ3v) is 3.79. The van der Waals surface area contributed by atoms with Gasteiger partial charge in [-0.1, -0.05) is 24.3 Å². The minimum Gasteiger partial charge on any atom is -0.497 e. The summed E-state index contributed by atoms with van der Waals surface area (Å²) in [5, 5.41) is 6.16. The number of aryl methyl sites for hydroxylation is 1.